The molecule has 0 spiro atoms. The number of benzene rings is 4. The monoisotopic (exact) mass is 1180 g/mol. The van der Waals surface area contributed by atoms with Crippen molar-refractivity contribution in [2.75, 3.05) is 125 Å². The Hall–Kier alpha value is -9.07. The third-order valence-electron chi connectivity index (χ3n) is 13.4. The van der Waals surface area contributed by atoms with Crippen LogP contribution in [0.4, 0.5) is 69.3 Å². The maximum atomic E-state index is 12.3. The molecular formula is C60H79ClN18O6. The predicted molar refractivity (Wildman–Crippen MR) is 343 cm³/mol. The second-order valence-electron chi connectivity index (χ2n) is 21.5. The number of aliphatic hydroxyl groups is 2. The highest BCUT2D eigenvalue weighted by Gasteiger charge is 2.25. The number of allylic oxidation sites excluding steroid dienone is 1. The van der Waals surface area contributed by atoms with Crippen molar-refractivity contribution in [3.8, 4) is 11.5 Å². The van der Waals surface area contributed by atoms with Crippen LogP contribution < -0.4 is 51.6 Å². The third kappa shape index (κ3) is 17.5. The van der Waals surface area contributed by atoms with Crippen molar-refractivity contribution in [1.29, 1.82) is 0 Å². The molecule has 9 N–H and O–H groups in total. The molecule has 8 rings (SSSR count). The van der Waals surface area contributed by atoms with Crippen molar-refractivity contribution in [1.82, 2.24) is 48.8 Å². The van der Waals surface area contributed by atoms with Gasteiger partial charge in [0.05, 0.1) is 59.5 Å². The Morgan fingerprint density at radius 3 is 1.36 bits per heavy atom. The molecule has 0 unspecified atom stereocenters. The number of anilines is 12. The third-order valence-corrected chi connectivity index (χ3v) is 13.5. The normalized spacial score (nSPS) is 11.3. The summed E-state index contributed by atoms with van der Waals surface area (Å²) in [4.78, 5) is 56.3. The Morgan fingerprint density at radius 1 is 0.600 bits per heavy atom. The Bertz CT molecular complexity index is 3650. The predicted octanol–water partition coefficient (Wildman–Crippen LogP) is 8.81. The summed E-state index contributed by atoms with van der Waals surface area (Å²) in [5.41, 5.74) is 13.0. The molecule has 0 aliphatic heterocycles. The summed E-state index contributed by atoms with van der Waals surface area (Å²) in [6, 6.07) is 19.2. The minimum Gasteiger partial charge on any atom is -0.494 e. The number of hydrogen-bond acceptors (Lipinski definition) is 21. The molecule has 0 aliphatic rings. The number of nitrogens with zero attached hydrogens (tertiary/aromatic N) is 12. The summed E-state index contributed by atoms with van der Waals surface area (Å²) in [7, 11) is 19.2. The van der Waals surface area contributed by atoms with Crippen LogP contribution in [0.3, 0.4) is 0 Å². The Morgan fingerprint density at radius 2 is 0.988 bits per heavy atom. The van der Waals surface area contributed by atoms with Crippen LogP contribution in [0.2, 0.25) is 0 Å². The van der Waals surface area contributed by atoms with Gasteiger partial charge in [-0.2, -0.15) is 9.97 Å². The molecule has 4 heterocycles. The van der Waals surface area contributed by atoms with E-state index in [1.54, 1.807) is 48.0 Å². The second-order valence-corrected chi connectivity index (χ2v) is 21.9. The highest BCUT2D eigenvalue weighted by Crippen LogP contribution is 2.40. The molecule has 0 radical (unpaired) electrons. The largest absolute Gasteiger partial charge is 0.494 e. The van der Waals surface area contributed by atoms with E-state index in [0.717, 1.165) is 71.0 Å². The van der Waals surface area contributed by atoms with Gasteiger partial charge in [-0.25, -0.2) is 19.9 Å². The van der Waals surface area contributed by atoms with Crippen molar-refractivity contribution in [3.63, 3.8) is 0 Å². The average Bonchev–Trinajstić information content (AvgIpc) is 3.86. The lowest BCUT2D eigenvalue weighted by Gasteiger charge is -2.26. The number of halogens is 1. The lowest BCUT2D eigenvalue weighted by molar-refractivity contribution is -0.112. The first kappa shape index (κ1) is 65.1. The van der Waals surface area contributed by atoms with Crippen molar-refractivity contribution in [2.24, 2.45) is 14.1 Å². The van der Waals surface area contributed by atoms with Crippen molar-refractivity contribution < 1.29 is 29.3 Å². The minimum atomic E-state index is -1.12. The van der Waals surface area contributed by atoms with Crippen LogP contribution in [0.25, 0.3) is 21.8 Å². The van der Waals surface area contributed by atoms with Gasteiger partial charge in [-0.3, -0.25) is 9.59 Å². The van der Waals surface area contributed by atoms with Gasteiger partial charge in [0.25, 0.3) is 0 Å². The summed E-state index contributed by atoms with van der Waals surface area (Å²) in [6.45, 7) is 16.9. The number of likely N-dealkylation sites (N-methyl/N-ethyl adjacent to an activating group) is 4. The molecule has 0 saturated carbocycles. The summed E-state index contributed by atoms with van der Waals surface area (Å²) in [5, 5.41) is 39.1. The maximum Gasteiger partial charge on any atom is 0.247 e. The zero-order chi connectivity index (χ0) is 62.5. The zero-order valence-corrected chi connectivity index (χ0v) is 51.6. The lowest BCUT2D eigenvalue weighted by Crippen LogP contribution is -2.29. The number of rotatable bonds is 23. The van der Waals surface area contributed by atoms with E-state index in [2.05, 4.69) is 84.3 Å². The van der Waals surface area contributed by atoms with Gasteiger partial charge >= 0.3 is 0 Å². The van der Waals surface area contributed by atoms with Gasteiger partial charge in [0.1, 0.15) is 24.2 Å². The molecule has 452 valence electrons. The van der Waals surface area contributed by atoms with Crippen LogP contribution in [0.15, 0.2) is 111 Å². The highest BCUT2D eigenvalue weighted by atomic mass is 35.5. The molecule has 1 amide bonds. The minimum absolute atomic E-state index is 0.256. The Balaban J connectivity index is 0.000000253. The summed E-state index contributed by atoms with van der Waals surface area (Å²) in [6.07, 6.45) is 9.03. The molecule has 0 bridgehead atoms. The van der Waals surface area contributed by atoms with Gasteiger partial charge < -0.3 is 80.7 Å². The molecule has 24 nitrogen and oxygen atoms in total. The number of aryl methyl sites for hydroxylation is 2. The highest BCUT2D eigenvalue weighted by molar-refractivity contribution is 6.66. The van der Waals surface area contributed by atoms with Crippen LogP contribution in [-0.4, -0.2) is 153 Å². The van der Waals surface area contributed by atoms with Crippen LogP contribution in [0.5, 0.6) is 11.5 Å². The fraction of sp³-hybridized carbons (Fsp3) is 0.333. The molecule has 0 saturated heterocycles. The van der Waals surface area contributed by atoms with E-state index < -0.39 is 16.4 Å². The van der Waals surface area contributed by atoms with Gasteiger partial charge in [0.15, 0.2) is 0 Å². The summed E-state index contributed by atoms with van der Waals surface area (Å²) >= 11 is 4.71. The van der Waals surface area contributed by atoms with Crippen molar-refractivity contribution >= 4 is 114 Å². The number of amides is 1. The van der Waals surface area contributed by atoms with E-state index in [9.17, 15) is 19.8 Å². The first-order valence-electron chi connectivity index (χ1n) is 26.9. The Labute approximate surface area is 501 Å². The lowest BCUT2D eigenvalue weighted by atomic mass is 9.95. The second kappa shape index (κ2) is 28.5. The number of carbonyl (C=O) groups is 2. The van der Waals surface area contributed by atoms with Crippen LogP contribution >= 0.6 is 11.6 Å². The van der Waals surface area contributed by atoms with E-state index >= 15 is 0 Å². The molecular weight excluding hydrogens is 1100 g/mol. The number of hydrogen-bond donors (Lipinski definition) is 8. The molecule has 0 fully saturated rings. The molecule has 25 heteroatoms. The number of nitrogen functional groups attached to an aromatic ring is 1. The van der Waals surface area contributed by atoms with Gasteiger partial charge in [-0.1, -0.05) is 13.2 Å². The van der Waals surface area contributed by atoms with E-state index in [1.165, 1.54) is 18.7 Å². The van der Waals surface area contributed by atoms with Gasteiger partial charge in [-0.05, 0) is 128 Å². The number of nitrogens with two attached hydrogens (primary N) is 1. The van der Waals surface area contributed by atoms with Crippen molar-refractivity contribution in [3.05, 3.63) is 122 Å². The fourth-order valence-electron chi connectivity index (χ4n) is 8.73. The number of fused-ring (bicyclic) bond motifs is 2. The van der Waals surface area contributed by atoms with Crippen LogP contribution in [0, 0.1) is 0 Å². The van der Waals surface area contributed by atoms with Crippen LogP contribution in [0.1, 0.15) is 38.8 Å². The molecule has 0 atom stereocenters. The molecule has 0 aliphatic carbocycles. The number of methoxy groups -OCH3 is 2. The summed E-state index contributed by atoms with van der Waals surface area (Å²) in [5.74, 6) is 2.00. The first-order valence-corrected chi connectivity index (χ1v) is 27.3. The molecule has 8 aromatic rings. The summed E-state index contributed by atoms with van der Waals surface area (Å²) < 4.78 is 15.4. The number of carbonyl (C=O) groups excluding carboxylic acids is 2. The zero-order valence-electron chi connectivity index (χ0n) is 50.8. The van der Waals surface area contributed by atoms with Gasteiger partial charge in [0, 0.05) is 123 Å². The molecule has 4 aromatic carbocycles. The molecule has 4 aromatic heterocycles. The first-order chi connectivity index (χ1) is 40.1. The quantitative estimate of drug-likeness (QED) is 0.0169. The van der Waals surface area contributed by atoms with Crippen LogP contribution in [-0.2, 0) is 34.9 Å². The standard InChI is InChI=1S/C30H39N9O3.C27H37N9O2.C3H3ClO/c1-9-27(40)33-22-16-23(26(42-8)17-25(22)39(7)13-12-37(4)5)35-29-32-18-31-28(36-29)34-21-14-19-10-11-38(6)24(19)15-20(21)30(2,3)41;1-27(2,37)18-13-22-17(8-9-35(22)5)12-20(18)31-25-29-16-30-26(33-25)32-21-14-19(28)23(15-24(21)38-7)36(6)11-10-34(3)4;1-2-3(4)5/h9-11,14-18,41H,1,12-13H2,2-8H3,(H,33,40)(H2,31,32,34,35,36);8-9,12-16,37H,10-11,28H2,1-7H3,(H2,29,30,31,32,33);2H,1H2. The topological polar surface area (TPSA) is 279 Å². The number of nitrogens with one attached hydrogen (secondary N) is 5. The van der Waals surface area contributed by atoms with E-state index in [-0.39, 0.29) is 17.8 Å². The van der Waals surface area contributed by atoms with Crippen molar-refractivity contribution in [2.45, 2.75) is 38.9 Å². The number of aromatic nitrogens is 8. The SMILES string of the molecule is C=CC(=O)Cl.C=CC(=O)Nc1cc(Nc2ncnc(Nc3cc4ccn(C)c4cc3C(C)(C)O)n2)c(OC)cc1N(C)CCN(C)C.COc1cc(N(C)CCN(C)C)c(N)cc1Nc1ncnc(Nc2cc3ccn(C)c3cc2C(C)(C)O)n1. The molecule has 85 heavy (non-hydrogen) atoms. The average molecular weight is 1180 g/mol. The van der Waals surface area contributed by atoms with Gasteiger partial charge in [0.2, 0.25) is 34.9 Å². The Kier molecular flexibility index (Phi) is 21.8. The van der Waals surface area contributed by atoms with E-state index in [4.69, 9.17) is 26.8 Å². The number of ether oxygens (including phenoxy) is 2. The van der Waals surface area contributed by atoms with E-state index in [1.807, 2.05) is 137 Å². The maximum absolute atomic E-state index is 12.3. The fourth-order valence-corrected chi connectivity index (χ4v) is 8.73. The van der Waals surface area contributed by atoms with Gasteiger partial charge in [-0.15, -0.1) is 0 Å². The van der Waals surface area contributed by atoms with E-state index in [0.29, 0.717) is 63.1 Å². The smallest absolute Gasteiger partial charge is 0.247 e.